The molecule has 134 valence electrons. The number of H-pyrrole nitrogens is 1. The van der Waals surface area contributed by atoms with Gasteiger partial charge >= 0.3 is 6.18 Å². The number of alkyl halides is 3. The molecule has 0 fully saturated rings. The number of hydrogen-bond acceptors (Lipinski definition) is 5. The van der Waals surface area contributed by atoms with E-state index in [0.29, 0.717) is 11.5 Å². The van der Waals surface area contributed by atoms with Gasteiger partial charge in [-0.15, -0.1) is 0 Å². The van der Waals surface area contributed by atoms with Crippen LogP contribution >= 0.6 is 0 Å². The van der Waals surface area contributed by atoms with Gasteiger partial charge in [-0.05, 0) is 29.8 Å². The molecule has 0 unspecified atom stereocenters. The number of phenols is 2. The third-order valence-corrected chi connectivity index (χ3v) is 3.95. The van der Waals surface area contributed by atoms with Crippen molar-refractivity contribution in [3.05, 3.63) is 42.1 Å². The summed E-state index contributed by atoms with van der Waals surface area (Å²) in [5.74, 6) is 0.132. The first-order chi connectivity index (χ1) is 12.3. The largest absolute Gasteiger partial charge is 0.508 e. The van der Waals surface area contributed by atoms with Crippen LogP contribution in [-0.2, 0) is 6.18 Å². The summed E-state index contributed by atoms with van der Waals surface area (Å²) in [5.41, 5.74) is -1.16. The zero-order valence-corrected chi connectivity index (χ0v) is 13.0. The molecule has 26 heavy (non-hydrogen) atoms. The maximum absolute atomic E-state index is 13.5. The first-order valence-corrected chi connectivity index (χ1v) is 7.42. The first-order valence-electron chi connectivity index (χ1n) is 7.42. The summed E-state index contributed by atoms with van der Waals surface area (Å²) in [7, 11) is 0. The minimum absolute atomic E-state index is 0.0120. The van der Waals surface area contributed by atoms with Gasteiger partial charge in [0.25, 0.3) is 0 Å². The Morgan fingerprint density at radius 1 is 1.00 bits per heavy atom. The van der Waals surface area contributed by atoms with E-state index in [2.05, 4.69) is 5.10 Å². The van der Waals surface area contributed by atoms with E-state index in [1.165, 1.54) is 30.3 Å². The molecule has 1 aromatic heterocycles. The van der Waals surface area contributed by atoms with Gasteiger partial charge in [0.05, 0.1) is 0 Å². The lowest BCUT2D eigenvalue weighted by molar-refractivity contribution is -0.140. The van der Waals surface area contributed by atoms with Crippen LogP contribution in [0.2, 0.25) is 0 Å². The molecule has 0 radical (unpaired) electrons. The van der Waals surface area contributed by atoms with Gasteiger partial charge in [-0.1, -0.05) is 6.07 Å². The number of nitrogens with one attached hydrogen (secondary N) is 1. The normalized spacial score (nSPS) is 13.2. The molecule has 0 atom stereocenters. The molecule has 0 amide bonds. The molecule has 3 N–H and O–H groups in total. The van der Waals surface area contributed by atoms with E-state index in [4.69, 9.17) is 9.47 Å². The molecule has 1 aliphatic rings. The second-order valence-corrected chi connectivity index (χ2v) is 5.59. The second kappa shape index (κ2) is 5.58. The van der Waals surface area contributed by atoms with Gasteiger partial charge in [-0.2, -0.15) is 18.3 Å². The number of rotatable bonds is 2. The molecule has 0 spiro atoms. The van der Waals surface area contributed by atoms with E-state index < -0.39 is 17.6 Å². The minimum atomic E-state index is -4.69. The summed E-state index contributed by atoms with van der Waals surface area (Å²) in [6, 6.07) is 7.95. The van der Waals surface area contributed by atoms with Crippen LogP contribution in [0.5, 0.6) is 23.0 Å². The highest BCUT2D eigenvalue weighted by atomic mass is 19.4. The highest BCUT2D eigenvalue weighted by Gasteiger charge is 2.38. The van der Waals surface area contributed by atoms with Crippen molar-refractivity contribution in [3.63, 3.8) is 0 Å². The average Bonchev–Trinajstić information content (AvgIpc) is 3.20. The number of hydrogen-bond donors (Lipinski definition) is 3. The van der Waals surface area contributed by atoms with Crippen LogP contribution in [0, 0.1) is 0 Å². The molecule has 2 aromatic carbocycles. The average molecular weight is 364 g/mol. The molecule has 0 aliphatic carbocycles. The van der Waals surface area contributed by atoms with Crippen LogP contribution in [0.25, 0.3) is 22.4 Å². The van der Waals surface area contributed by atoms with Crippen molar-refractivity contribution in [1.29, 1.82) is 0 Å². The van der Waals surface area contributed by atoms with Crippen LogP contribution < -0.4 is 9.47 Å². The van der Waals surface area contributed by atoms with Crippen LogP contribution in [0.1, 0.15) is 5.69 Å². The quantitative estimate of drug-likeness (QED) is 0.642. The summed E-state index contributed by atoms with van der Waals surface area (Å²) in [4.78, 5) is 0. The second-order valence-electron chi connectivity index (χ2n) is 5.59. The number of nitrogens with zero attached hydrogens (tertiary/aromatic N) is 1. The highest BCUT2D eigenvalue weighted by Crippen LogP contribution is 2.45. The lowest BCUT2D eigenvalue weighted by Gasteiger charge is -2.11. The first kappa shape index (κ1) is 16.1. The smallest absolute Gasteiger partial charge is 0.433 e. The number of fused-ring (bicyclic) bond motifs is 1. The van der Waals surface area contributed by atoms with E-state index >= 15 is 0 Å². The van der Waals surface area contributed by atoms with Crippen LogP contribution in [0.3, 0.4) is 0 Å². The van der Waals surface area contributed by atoms with E-state index in [1.54, 1.807) is 0 Å². The fourth-order valence-electron chi connectivity index (χ4n) is 2.80. The Kier molecular flexibility index (Phi) is 3.46. The molecule has 1 aliphatic heterocycles. The van der Waals surface area contributed by atoms with Crippen molar-refractivity contribution in [2.24, 2.45) is 0 Å². The Labute approximate surface area is 144 Å². The number of aromatic nitrogens is 2. The SMILES string of the molecule is Oc1ccc(-c2n[nH]c(C(F)(F)F)c2-c2ccc3c(c2)OCO3)c(O)c1. The minimum Gasteiger partial charge on any atom is -0.508 e. The Morgan fingerprint density at radius 3 is 2.50 bits per heavy atom. The Balaban J connectivity index is 1.95. The molecular weight excluding hydrogens is 353 g/mol. The third kappa shape index (κ3) is 2.57. The van der Waals surface area contributed by atoms with Crippen molar-refractivity contribution >= 4 is 0 Å². The summed E-state index contributed by atoms with van der Waals surface area (Å²) in [6.07, 6.45) is -4.69. The molecule has 4 rings (SSSR count). The molecule has 0 saturated carbocycles. The van der Waals surface area contributed by atoms with Crippen molar-refractivity contribution < 1.29 is 32.9 Å². The van der Waals surface area contributed by atoms with Gasteiger partial charge in [0.2, 0.25) is 6.79 Å². The number of benzene rings is 2. The van der Waals surface area contributed by atoms with E-state index in [-0.39, 0.29) is 34.9 Å². The fraction of sp³-hybridized carbons (Fsp3) is 0.118. The van der Waals surface area contributed by atoms with Gasteiger partial charge in [0.15, 0.2) is 11.5 Å². The van der Waals surface area contributed by atoms with E-state index in [0.717, 1.165) is 6.07 Å². The monoisotopic (exact) mass is 364 g/mol. The molecule has 3 aromatic rings. The Morgan fingerprint density at radius 2 is 1.77 bits per heavy atom. The Hall–Kier alpha value is -3.36. The molecule has 0 bridgehead atoms. The van der Waals surface area contributed by atoms with Crippen LogP contribution in [0.4, 0.5) is 13.2 Å². The maximum atomic E-state index is 13.5. The number of phenolic OH excluding ortho intramolecular Hbond substituents is 2. The zero-order valence-electron chi connectivity index (χ0n) is 13.0. The predicted octanol–water partition coefficient (Wildman–Crippen LogP) is 3.90. The standard InChI is InChI=1S/C17H11F3N2O4/c18-17(19,20)16-14(8-1-4-12-13(5-8)26-7-25-12)15(21-22-16)10-3-2-9(23)6-11(10)24/h1-6,23-24H,7H2,(H,21,22). The topological polar surface area (TPSA) is 87.6 Å². The predicted molar refractivity (Wildman–Crippen MR) is 83.9 cm³/mol. The number of halogens is 3. The van der Waals surface area contributed by atoms with Crippen molar-refractivity contribution in [3.8, 4) is 45.4 Å². The number of ether oxygens (including phenoxy) is 2. The molecule has 9 heteroatoms. The summed E-state index contributed by atoms with van der Waals surface area (Å²) in [6.45, 7) is -0.0120. The van der Waals surface area contributed by atoms with Crippen molar-refractivity contribution in [2.45, 2.75) is 6.18 Å². The van der Waals surface area contributed by atoms with Crippen LogP contribution in [0.15, 0.2) is 36.4 Å². The van der Waals surface area contributed by atoms with Gasteiger partial charge in [-0.25, -0.2) is 0 Å². The lowest BCUT2D eigenvalue weighted by Crippen LogP contribution is -2.07. The number of aromatic hydroxyl groups is 2. The van der Waals surface area contributed by atoms with Crippen molar-refractivity contribution in [2.75, 3.05) is 6.79 Å². The molecular formula is C17H11F3N2O4. The van der Waals surface area contributed by atoms with Gasteiger partial charge in [-0.3, -0.25) is 5.10 Å². The summed E-state index contributed by atoms with van der Waals surface area (Å²) >= 11 is 0. The third-order valence-electron chi connectivity index (χ3n) is 3.95. The van der Waals surface area contributed by atoms with Crippen molar-refractivity contribution in [1.82, 2.24) is 10.2 Å². The number of aromatic amines is 1. The summed E-state index contributed by atoms with van der Waals surface area (Å²) < 4.78 is 50.8. The van der Waals surface area contributed by atoms with E-state index in [1.807, 2.05) is 5.10 Å². The molecule has 0 saturated heterocycles. The molecule has 2 heterocycles. The Bertz CT molecular complexity index is 998. The molecule has 6 nitrogen and oxygen atoms in total. The van der Waals surface area contributed by atoms with Gasteiger partial charge in [0.1, 0.15) is 22.9 Å². The lowest BCUT2D eigenvalue weighted by atomic mass is 9.97. The zero-order chi connectivity index (χ0) is 18.5. The maximum Gasteiger partial charge on any atom is 0.433 e. The van der Waals surface area contributed by atoms with Gasteiger partial charge in [0, 0.05) is 17.2 Å². The highest BCUT2D eigenvalue weighted by molar-refractivity contribution is 5.86. The fourth-order valence-corrected chi connectivity index (χ4v) is 2.80. The van der Waals surface area contributed by atoms with Crippen LogP contribution in [-0.4, -0.2) is 27.2 Å². The van der Waals surface area contributed by atoms with E-state index in [9.17, 15) is 23.4 Å². The van der Waals surface area contributed by atoms with Gasteiger partial charge < -0.3 is 19.7 Å². The summed E-state index contributed by atoms with van der Waals surface area (Å²) in [5, 5.41) is 25.2.